The summed E-state index contributed by atoms with van der Waals surface area (Å²) < 4.78 is 16.2. The molecule has 1 aromatic heterocycles. The second-order valence-corrected chi connectivity index (χ2v) is 5.31. The van der Waals surface area contributed by atoms with E-state index in [-0.39, 0.29) is 5.84 Å². The lowest BCUT2D eigenvalue weighted by Crippen LogP contribution is -2.10. The zero-order chi connectivity index (χ0) is 17.3. The molecule has 6 nitrogen and oxygen atoms in total. The molecule has 0 amide bonds. The minimum absolute atomic E-state index is 0.0424. The zero-order valence-electron chi connectivity index (χ0n) is 13.8. The number of nitrogens with one attached hydrogen (secondary N) is 2. The molecule has 0 radical (unpaired) electrons. The normalized spacial score (nSPS) is 10.6. The van der Waals surface area contributed by atoms with Crippen LogP contribution >= 0.6 is 0 Å². The third-order valence-electron chi connectivity index (χ3n) is 3.91. The largest absolute Gasteiger partial charge is 0.493 e. The van der Waals surface area contributed by atoms with Gasteiger partial charge in [0.25, 0.3) is 0 Å². The fourth-order valence-corrected chi connectivity index (χ4v) is 2.69. The maximum absolute atomic E-state index is 7.55. The van der Waals surface area contributed by atoms with Crippen LogP contribution in [0.3, 0.4) is 0 Å². The summed E-state index contributed by atoms with van der Waals surface area (Å²) >= 11 is 0. The Kier molecular flexibility index (Phi) is 4.04. The maximum atomic E-state index is 7.55. The molecule has 24 heavy (non-hydrogen) atoms. The third-order valence-corrected chi connectivity index (χ3v) is 3.91. The number of fused-ring (bicyclic) bond motifs is 1. The van der Waals surface area contributed by atoms with Gasteiger partial charge in [-0.15, -0.1) is 0 Å². The number of ether oxygens (including phenoxy) is 3. The molecule has 0 aliphatic heterocycles. The van der Waals surface area contributed by atoms with Crippen molar-refractivity contribution in [2.45, 2.75) is 0 Å². The van der Waals surface area contributed by atoms with Crippen LogP contribution in [-0.4, -0.2) is 32.1 Å². The summed E-state index contributed by atoms with van der Waals surface area (Å²) in [5.41, 5.74) is 8.96. The molecule has 4 N–H and O–H groups in total. The second kappa shape index (κ2) is 6.16. The highest BCUT2D eigenvalue weighted by molar-refractivity contribution is 5.99. The van der Waals surface area contributed by atoms with Crippen molar-refractivity contribution in [3.05, 3.63) is 42.0 Å². The van der Waals surface area contributed by atoms with Gasteiger partial charge in [0.1, 0.15) is 5.84 Å². The van der Waals surface area contributed by atoms with Crippen molar-refractivity contribution in [3.63, 3.8) is 0 Å². The molecule has 0 spiro atoms. The Balaban J connectivity index is 2.14. The molecule has 0 atom stereocenters. The summed E-state index contributed by atoms with van der Waals surface area (Å²) in [5, 5.41) is 8.58. The van der Waals surface area contributed by atoms with Crippen molar-refractivity contribution < 1.29 is 14.2 Å². The molecule has 3 rings (SSSR count). The summed E-state index contributed by atoms with van der Waals surface area (Å²) in [6, 6.07) is 11.4. The highest BCUT2D eigenvalue weighted by atomic mass is 16.5. The van der Waals surface area contributed by atoms with E-state index in [0.29, 0.717) is 22.8 Å². The number of nitrogens with two attached hydrogens (primary N) is 1. The molecular weight excluding hydrogens is 306 g/mol. The molecule has 6 heteroatoms. The van der Waals surface area contributed by atoms with Gasteiger partial charge >= 0.3 is 0 Å². The number of benzene rings is 2. The first-order chi connectivity index (χ1) is 11.6. The lowest BCUT2D eigenvalue weighted by atomic mass is 10.1. The lowest BCUT2D eigenvalue weighted by molar-refractivity contribution is 0.324. The SMILES string of the molecule is COc1cc(-c2cc3ccc(C(=N)N)cc3[nH]2)cc(OC)c1OC. The van der Waals surface area contributed by atoms with Gasteiger partial charge in [0, 0.05) is 27.7 Å². The van der Waals surface area contributed by atoms with Gasteiger partial charge in [-0.3, -0.25) is 5.41 Å². The molecule has 0 fully saturated rings. The van der Waals surface area contributed by atoms with E-state index in [1.54, 1.807) is 21.3 Å². The average molecular weight is 325 g/mol. The molecule has 0 aliphatic rings. The number of amidine groups is 1. The Bertz CT molecular complexity index is 890. The number of hydrogen-bond donors (Lipinski definition) is 3. The first-order valence-corrected chi connectivity index (χ1v) is 7.35. The van der Waals surface area contributed by atoms with Gasteiger partial charge in [-0.25, -0.2) is 0 Å². The number of nitrogen functional groups attached to an aromatic ring is 1. The fourth-order valence-electron chi connectivity index (χ4n) is 2.69. The molecule has 0 unspecified atom stereocenters. The topological polar surface area (TPSA) is 93.3 Å². The zero-order valence-corrected chi connectivity index (χ0v) is 13.8. The molecule has 3 aromatic rings. The van der Waals surface area contributed by atoms with Crippen LogP contribution in [0.15, 0.2) is 36.4 Å². The summed E-state index contributed by atoms with van der Waals surface area (Å²) in [6.45, 7) is 0. The highest BCUT2D eigenvalue weighted by Crippen LogP contribution is 2.41. The summed E-state index contributed by atoms with van der Waals surface area (Å²) in [5.74, 6) is 1.78. The highest BCUT2D eigenvalue weighted by Gasteiger charge is 2.15. The van der Waals surface area contributed by atoms with Crippen molar-refractivity contribution in [2.24, 2.45) is 5.73 Å². The summed E-state index contributed by atoms with van der Waals surface area (Å²) in [4.78, 5) is 3.34. The van der Waals surface area contributed by atoms with Gasteiger partial charge in [0.15, 0.2) is 11.5 Å². The number of hydrogen-bond acceptors (Lipinski definition) is 4. The van der Waals surface area contributed by atoms with Gasteiger partial charge in [-0.05, 0) is 24.3 Å². The van der Waals surface area contributed by atoms with Crippen LogP contribution in [0.2, 0.25) is 0 Å². The van der Waals surface area contributed by atoms with E-state index in [4.69, 9.17) is 25.4 Å². The van der Waals surface area contributed by atoms with Crippen molar-refractivity contribution in [1.29, 1.82) is 5.41 Å². The lowest BCUT2D eigenvalue weighted by Gasteiger charge is -2.13. The van der Waals surface area contributed by atoms with Crippen LogP contribution in [0.4, 0.5) is 0 Å². The van der Waals surface area contributed by atoms with Crippen molar-refractivity contribution in [1.82, 2.24) is 4.98 Å². The molecule has 0 bridgehead atoms. The number of aromatic amines is 1. The minimum atomic E-state index is 0.0424. The number of H-pyrrole nitrogens is 1. The van der Waals surface area contributed by atoms with Gasteiger partial charge in [-0.1, -0.05) is 12.1 Å². The average Bonchev–Trinajstić information content (AvgIpc) is 3.03. The van der Waals surface area contributed by atoms with Crippen molar-refractivity contribution >= 4 is 16.7 Å². The Labute approximate surface area is 139 Å². The molecule has 0 saturated heterocycles. The summed E-state index contributed by atoms with van der Waals surface area (Å²) in [6.07, 6.45) is 0. The predicted octanol–water partition coefficient (Wildman–Crippen LogP) is 3.14. The number of methoxy groups -OCH3 is 3. The van der Waals surface area contributed by atoms with E-state index in [1.165, 1.54) is 0 Å². The Morgan fingerprint density at radius 2 is 1.62 bits per heavy atom. The van der Waals surface area contributed by atoms with Gasteiger partial charge in [0.2, 0.25) is 5.75 Å². The van der Waals surface area contributed by atoms with Crippen LogP contribution in [0.25, 0.3) is 22.2 Å². The van der Waals surface area contributed by atoms with Crippen LogP contribution in [0.5, 0.6) is 17.2 Å². The van der Waals surface area contributed by atoms with E-state index >= 15 is 0 Å². The predicted molar refractivity (Wildman–Crippen MR) is 94.4 cm³/mol. The smallest absolute Gasteiger partial charge is 0.203 e. The van der Waals surface area contributed by atoms with Crippen LogP contribution < -0.4 is 19.9 Å². The van der Waals surface area contributed by atoms with Gasteiger partial charge < -0.3 is 24.9 Å². The van der Waals surface area contributed by atoms with Crippen molar-refractivity contribution in [2.75, 3.05) is 21.3 Å². The Hall–Kier alpha value is -3.15. The third kappa shape index (κ3) is 2.62. The molecule has 1 heterocycles. The number of rotatable bonds is 5. The second-order valence-electron chi connectivity index (χ2n) is 5.31. The Morgan fingerprint density at radius 1 is 0.958 bits per heavy atom. The standard InChI is InChI=1S/C18H19N3O3/c1-22-15-8-12(9-16(23-2)17(15)24-3)14-6-10-4-5-11(18(19)20)7-13(10)21-14/h4-9,21H,1-3H3,(H3,19,20). The van der Waals surface area contributed by atoms with E-state index in [9.17, 15) is 0 Å². The Morgan fingerprint density at radius 3 is 2.17 bits per heavy atom. The van der Waals surface area contributed by atoms with E-state index in [0.717, 1.165) is 22.2 Å². The monoisotopic (exact) mass is 325 g/mol. The molecule has 124 valence electrons. The summed E-state index contributed by atoms with van der Waals surface area (Å²) in [7, 11) is 4.75. The maximum Gasteiger partial charge on any atom is 0.203 e. The minimum Gasteiger partial charge on any atom is -0.493 e. The van der Waals surface area contributed by atoms with Gasteiger partial charge in [-0.2, -0.15) is 0 Å². The first-order valence-electron chi connectivity index (χ1n) is 7.35. The molecule has 2 aromatic carbocycles. The number of aromatic nitrogens is 1. The van der Waals surface area contributed by atoms with E-state index < -0.39 is 0 Å². The van der Waals surface area contributed by atoms with Crippen LogP contribution in [-0.2, 0) is 0 Å². The van der Waals surface area contributed by atoms with Gasteiger partial charge in [0.05, 0.1) is 21.3 Å². The van der Waals surface area contributed by atoms with Crippen LogP contribution in [0, 0.1) is 5.41 Å². The molecule has 0 saturated carbocycles. The molecule has 0 aliphatic carbocycles. The van der Waals surface area contributed by atoms with E-state index in [1.807, 2.05) is 36.4 Å². The fraction of sp³-hybridized carbons (Fsp3) is 0.167. The van der Waals surface area contributed by atoms with E-state index in [2.05, 4.69) is 4.98 Å². The van der Waals surface area contributed by atoms with Crippen LogP contribution in [0.1, 0.15) is 5.56 Å². The first kappa shape index (κ1) is 15.7. The molecular formula is C18H19N3O3. The van der Waals surface area contributed by atoms with Crippen molar-refractivity contribution in [3.8, 4) is 28.5 Å². The quantitative estimate of drug-likeness (QED) is 0.496.